The molecule has 1 aliphatic heterocycles. The minimum atomic E-state index is -0.352. The predicted octanol–water partition coefficient (Wildman–Crippen LogP) is 0.688. The lowest BCUT2D eigenvalue weighted by atomic mass is 10.1. The third kappa shape index (κ3) is 3.55. The van der Waals surface area contributed by atoms with Gasteiger partial charge in [0.25, 0.3) is 0 Å². The number of nitrogens with one attached hydrogen (secondary N) is 1. The molecule has 0 aliphatic carbocycles. The van der Waals surface area contributed by atoms with Gasteiger partial charge in [-0.05, 0) is 20.3 Å². The average molecular weight is 311 g/mol. The molecule has 1 N–H and O–H groups in total. The number of thioether (sulfide) groups is 1. The lowest BCUT2D eigenvalue weighted by Crippen LogP contribution is -2.57. The van der Waals surface area contributed by atoms with Crippen molar-refractivity contribution in [2.45, 2.75) is 44.4 Å². The number of carbonyl (C=O) groups excluding carboxylic acids is 2. The first kappa shape index (κ1) is 15.8. The summed E-state index contributed by atoms with van der Waals surface area (Å²) in [6.45, 7) is 7.08. The van der Waals surface area contributed by atoms with Crippen molar-refractivity contribution in [3.05, 3.63) is 6.33 Å². The summed E-state index contributed by atoms with van der Waals surface area (Å²) >= 11 is 1.36. The van der Waals surface area contributed by atoms with Gasteiger partial charge < -0.3 is 14.8 Å². The molecule has 21 heavy (non-hydrogen) atoms. The van der Waals surface area contributed by atoms with Crippen molar-refractivity contribution in [2.24, 2.45) is 0 Å². The molecule has 1 unspecified atom stereocenters. The Morgan fingerprint density at radius 1 is 1.57 bits per heavy atom. The van der Waals surface area contributed by atoms with Gasteiger partial charge in [0.15, 0.2) is 5.16 Å². The van der Waals surface area contributed by atoms with E-state index in [-0.39, 0.29) is 29.7 Å². The molecule has 8 heteroatoms. The quantitative estimate of drug-likeness (QED) is 0.809. The zero-order valence-electron chi connectivity index (χ0n) is 12.6. The monoisotopic (exact) mass is 311 g/mol. The lowest BCUT2D eigenvalue weighted by Gasteiger charge is -2.34. The third-order valence-corrected chi connectivity index (χ3v) is 4.40. The first-order valence-corrected chi connectivity index (χ1v) is 8.12. The van der Waals surface area contributed by atoms with Crippen molar-refractivity contribution in [1.82, 2.24) is 25.0 Å². The van der Waals surface area contributed by atoms with Crippen LogP contribution in [0.3, 0.4) is 0 Å². The molecule has 2 amide bonds. The van der Waals surface area contributed by atoms with Crippen molar-refractivity contribution in [3.8, 4) is 0 Å². The molecule has 2 heterocycles. The maximum absolute atomic E-state index is 12.4. The smallest absolute Gasteiger partial charge is 0.242 e. The van der Waals surface area contributed by atoms with Gasteiger partial charge in [0.05, 0.1) is 5.75 Å². The largest absolute Gasteiger partial charge is 0.353 e. The van der Waals surface area contributed by atoms with Gasteiger partial charge in [0.2, 0.25) is 11.8 Å². The molecule has 0 saturated carbocycles. The maximum Gasteiger partial charge on any atom is 0.242 e. The van der Waals surface area contributed by atoms with Crippen molar-refractivity contribution < 1.29 is 9.59 Å². The number of amides is 2. The summed E-state index contributed by atoms with van der Waals surface area (Å²) in [6.07, 6.45) is 2.30. The van der Waals surface area contributed by atoms with Crippen LogP contribution in [-0.4, -0.2) is 56.4 Å². The molecule has 0 radical (unpaired) electrons. The molecule has 7 nitrogen and oxygen atoms in total. The van der Waals surface area contributed by atoms with Crippen LogP contribution in [0.1, 0.15) is 33.2 Å². The molecule has 0 spiro atoms. The standard InChI is InChI=1S/C13H21N5O2S/c1-4-10-12(20)14-5-6-17(10)11(19)7-21-13-16-15-8-18(13)9(2)3/h8-10H,4-7H2,1-3H3,(H,14,20). The molecule has 1 atom stereocenters. The van der Waals surface area contributed by atoms with E-state index in [1.807, 2.05) is 25.3 Å². The summed E-state index contributed by atoms with van der Waals surface area (Å²) in [5, 5.41) is 11.4. The van der Waals surface area contributed by atoms with Crippen LogP contribution in [0.25, 0.3) is 0 Å². The van der Waals surface area contributed by atoms with Crippen molar-refractivity contribution in [3.63, 3.8) is 0 Å². The highest BCUT2D eigenvalue weighted by atomic mass is 32.2. The second kappa shape index (κ2) is 6.93. The fourth-order valence-corrected chi connectivity index (χ4v) is 3.25. The van der Waals surface area contributed by atoms with Crippen LogP contribution in [0.5, 0.6) is 0 Å². The first-order chi connectivity index (χ1) is 10.0. The Labute approximate surface area is 128 Å². The minimum absolute atomic E-state index is 0.0278. The number of nitrogens with zero attached hydrogens (tertiary/aromatic N) is 4. The Kier molecular flexibility index (Phi) is 5.22. The van der Waals surface area contributed by atoms with E-state index >= 15 is 0 Å². The van der Waals surface area contributed by atoms with E-state index in [9.17, 15) is 9.59 Å². The van der Waals surface area contributed by atoms with Crippen LogP contribution >= 0.6 is 11.8 Å². The minimum Gasteiger partial charge on any atom is -0.353 e. The molecule has 116 valence electrons. The van der Waals surface area contributed by atoms with Crippen LogP contribution in [0, 0.1) is 0 Å². The summed E-state index contributed by atoms with van der Waals surface area (Å²) < 4.78 is 1.93. The SMILES string of the molecule is CCC1C(=O)NCCN1C(=O)CSc1nncn1C(C)C. The van der Waals surface area contributed by atoms with Crippen LogP contribution in [-0.2, 0) is 9.59 Å². The van der Waals surface area contributed by atoms with Gasteiger partial charge in [-0.3, -0.25) is 9.59 Å². The second-order valence-corrected chi connectivity index (χ2v) is 6.15. The summed E-state index contributed by atoms with van der Waals surface area (Å²) in [5.41, 5.74) is 0. The average Bonchev–Trinajstić information content (AvgIpc) is 2.93. The van der Waals surface area contributed by atoms with E-state index in [1.54, 1.807) is 11.2 Å². The fourth-order valence-electron chi connectivity index (χ4n) is 2.32. The Morgan fingerprint density at radius 2 is 2.33 bits per heavy atom. The number of aromatic nitrogens is 3. The maximum atomic E-state index is 12.4. The van der Waals surface area contributed by atoms with Crippen LogP contribution in [0.2, 0.25) is 0 Å². The normalized spacial score (nSPS) is 19.0. The first-order valence-electron chi connectivity index (χ1n) is 7.14. The molecule has 0 aromatic carbocycles. The molecule has 2 rings (SSSR count). The lowest BCUT2D eigenvalue weighted by molar-refractivity contribution is -0.141. The summed E-state index contributed by atoms with van der Waals surface area (Å²) in [5.74, 6) is 0.183. The van der Waals surface area contributed by atoms with Gasteiger partial charge in [0, 0.05) is 19.1 Å². The molecule has 1 fully saturated rings. The highest BCUT2D eigenvalue weighted by Gasteiger charge is 2.31. The Hall–Kier alpha value is -1.57. The van der Waals surface area contributed by atoms with E-state index in [1.165, 1.54) is 11.8 Å². The third-order valence-electron chi connectivity index (χ3n) is 3.46. The van der Waals surface area contributed by atoms with Crippen LogP contribution in [0.4, 0.5) is 0 Å². The van der Waals surface area contributed by atoms with Crippen molar-refractivity contribution in [1.29, 1.82) is 0 Å². The van der Waals surface area contributed by atoms with Gasteiger partial charge in [-0.1, -0.05) is 18.7 Å². The number of hydrogen-bond donors (Lipinski definition) is 1. The highest BCUT2D eigenvalue weighted by molar-refractivity contribution is 7.99. The molecule has 1 aromatic rings. The fraction of sp³-hybridized carbons (Fsp3) is 0.692. The van der Waals surface area contributed by atoms with Crippen molar-refractivity contribution >= 4 is 23.6 Å². The summed E-state index contributed by atoms with van der Waals surface area (Å²) in [6, 6.07) is -0.100. The topological polar surface area (TPSA) is 80.1 Å². The molecule has 1 saturated heterocycles. The van der Waals surface area contributed by atoms with E-state index < -0.39 is 0 Å². The Bertz CT molecular complexity index is 516. The second-order valence-electron chi connectivity index (χ2n) is 5.21. The summed E-state index contributed by atoms with van der Waals surface area (Å²) in [7, 11) is 0. The zero-order valence-corrected chi connectivity index (χ0v) is 13.4. The van der Waals surface area contributed by atoms with E-state index in [2.05, 4.69) is 15.5 Å². The number of piperazine rings is 1. The number of carbonyl (C=O) groups is 2. The van der Waals surface area contributed by atoms with Crippen molar-refractivity contribution in [2.75, 3.05) is 18.8 Å². The van der Waals surface area contributed by atoms with Crippen LogP contribution in [0.15, 0.2) is 11.5 Å². The number of rotatable bonds is 5. The van der Waals surface area contributed by atoms with E-state index in [0.717, 1.165) is 5.16 Å². The Balaban J connectivity index is 1.97. The van der Waals surface area contributed by atoms with E-state index in [4.69, 9.17) is 0 Å². The van der Waals surface area contributed by atoms with Gasteiger partial charge in [-0.2, -0.15) is 0 Å². The predicted molar refractivity (Wildman–Crippen MR) is 79.9 cm³/mol. The molecule has 1 aromatic heterocycles. The van der Waals surface area contributed by atoms with Crippen LogP contribution < -0.4 is 5.32 Å². The molecule has 0 bridgehead atoms. The Morgan fingerprint density at radius 3 is 3.00 bits per heavy atom. The highest BCUT2D eigenvalue weighted by Crippen LogP contribution is 2.20. The van der Waals surface area contributed by atoms with Gasteiger partial charge >= 0.3 is 0 Å². The van der Waals surface area contributed by atoms with Gasteiger partial charge in [0.1, 0.15) is 12.4 Å². The zero-order chi connectivity index (χ0) is 15.4. The number of hydrogen-bond acceptors (Lipinski definition) is 5. The molecular formula is C13H21N5O2S. The molecule has 1 aliphatic rings. The van der Waals surface area contributed by atoms with Gasteiger partial charge in [-0.25, -0.2) is 0 Å². The molecular weight excluding hydrogens is 290 g/mol. The van der Waals surface area contributed by atoms with Gasteiger partial charge in [-0.15, -0.1) is 10.2 Å². The summed E-state index contributed by atoms with van der Waals surface area (Å²) in [4.78, 5) is 25.8. The van der Waals surface area contributed by atoms with E-state index in [0.29, 0.717) is 19.5 Å².